The summed E-state index contributed by atoms with van der Waals surface area (Å²) < 4.78 is 11.0. The zero-order valence-electron chi connectivity index (χ0n) is 12.8. The number of nitrogens with zero attached hydrogens (tertiary/aromatic N) is 1. The van der Waals surface area contributed by atoms with Crippen molar-refractivity contribution >= 4 is 28.5 Å². The zero-order chi connectivity index (χ0) is 16.6. The molecule has 6 nitrogen and oxygen atoms in total. The molecule has 120 valence electrons. The first-order valence-corrected chi connectivity index (χ1v) is 7.41. The van der Waals surface area contributed by atoms with E-state index in [2.05, 4.69) is 10.0 Å². The number of halogens is 1. The molecule has 3 rings (SSSR count). The minimum absolute atomic E-state index is 0.181. The van der Waals surface area contributed by atoms with Gasteiger partial charge >= 0.3 is 5.97 Å². The molecule has 0 amide bonds. The summed E-state index contributed by atoms with van der Waals surface area (Å²) in [5, 5.41) is 5.00. The molecule has 0 saturated carbocycles. The van der Waals surface area contributed by atoms with Gasteiger partial charge in [-0.1, -0.05) is 23.7 Å². The van der Waals surface area contributed by atoms with Gasteiger partial charge in [-0.2, -0.15) is 0 Å². The van der Waals surface area contributed by atoms with Gasteiger partial charge in [-0.15, -0.1) is 0 Å². The largest absolute Gasteiger partial charge is 0.460 e. The molecule has 23 heavy (non-hydrogen) atoms. The molecule has 0 unspecified atom stereocenters. The van der Waals surface area contributed by atoms with Crippen LogP contribution in [-0.4, -0.2) is 11.1 Å². The molecular formula is C16H14ClNO5. The molecule has 0 atom stereocenters. The molecule has 0 N–H and O–H groups in total. The molecule has 3 aromatic rings. The number of aryl methyl sites for hydroxylation is 2. The van der Waals surface area contributed by atoms with E-state index in [0.717, 1.165) is 16.7 Å². The first-order valence-electron chi connectivity index (χ1n) is 7.04. The van der Waals surface area contributed by atoms with Crippen molar-refractivity contribution in [2.45, 2.75) is 27.2 Å². The molecule has 0 aliphatic rings. The van der Waals surface area contributed by atoms with Gasteiger partial charge in [0.2, 0.25) is 5.75 Å². The number of carbonyl (C=O) groups excluding carboxylic acids is 1. The molecule has 0 aliphatic heterocycles. The summed E-state index contributed by atoms with van der Waals surface area (Å²) in [6, 6.07) is 5.37. The SMILES string of the molecule is CCc1cc(OOC(C)=O)c(Cl)c2onc(-c3ccc(C)o3)c12. The van der Waals surface area contributed by atoms with Crippen molar-refractivity contribution < 1.29 is 23.5 Å². The lowest BCUT2D eigenvalue weighted by atomic mass is 10.0. The third-order valence-corrected chi connectivity index (χ3v) is 3.70. The summed E-state index contributed by atoms with van der Waals surface area (Å²) in [4.78, 5) is 20.4. The summed E-state index contributed by atoms with van der Waals surface area (Å²) in [5.41, 5.74) is 1.82. The molecule has 0 radical (unpaired) electrons. The highest BCUT2D eigenvalue weighted by Crippen LogP contribution is 2.40. The zero-order valence-corrected chi connectivity index (χ0v) is 13.6. The van der Waals surface area contributed by atoms with Crippen LogP contribution in [0.25, 0.3) is 22.4 Å². The van der Waals surface area contributed by atoms with Gasteiger partial charge in [0.25, 0.3) is 0 Å². The molecule has 0 fully saturated rings. The lowest BCUT2D eigenvalue weighted by Crippen LogP contribution is -2.03. The van der Waals surface area contributed by atoms with Gasteiger partial charge in [-0.3, -0.25) is 9.78 Å². The van der Waals surface area contributed by atoms with E-state index >= 15 is 0 Å². The predicted octanol–water partition coefficient (Wildman–Crippen LogP) is 4.47. The van der Waals surface area contributed by atoms with E-state index in [-0.39, 0.29) is 10.8 Å². The molecule has 2 aromatic heterocycles. The first kappa shape index (κ1) is 15.4. The highest BCUT2D eigenvalue weighted by atomic mass is 35.5. The van der Waals surface area contributed by atoms with Gasteiger partial charge in [0.1, 0.15) is 10.8 Å². The Kier molecular flexibility index (Phi) is 4.00. The lowest BCUT2D eigenvalue weighted by Gasteiger charge is -2.07. The molecular weight excluding hydrogens is 322 g/mol. The number of hydrogen-bond acceptors (Lipinski definition) is 6. The van der Waals surface area contributed by atoms with Crippen molar-refractivity contribution in [3.05, 3.63) is 34.5 Å². The van der Waals surface area contributed by atoms with E-state index in [1.165, 1.54) is 6.92 Å². The monoisotopic (exact) mass is 335 g/mol. The van der Waals surface area contributed by atoms with Gasteiger partial charge in [0.05, 0.1) is 5.39 Å². The van der Waals surface area contributed by atoms with Crippen molar-refractivity contribution in [1.29, 1.82) is 0 Å². The van der Waals surface area contributed by atoms with Crippen LogP contribution in [-0.2, 0) is 16.1 Å². The number of aromatic nitrogens is 1. The van der Waals surface area contributed by atoms with Crippen molar-refractivity contribution in [2.75, 3.05) is 0 Å². The van der Waals surface area contributed by atoms with Gasteiger partial charge in [0, 0.05) is 6.92 Å². The highest BCUT2D eigenvalue weighted by molar-refractivity contribution is 6.36. The van der Waals surface area contributed by atoms with Gasteiger partial charge < -0.3 is 8.94 Å². The van der Waals surface area contributed by atoms with Crippen LogP contribution in [0.2, 0.25) is 5.02 Å². The van der Waals surface area contributed by atoms with Gasteiger partial charge in [0.15, 0.2) is 17.0 Å². The van der Waals surface area contributed by atoms with Crippen molar-refractivity contribution in [1.82, 2.24) is 5.16 Å². The average Bonchev–Trinajstić information content (AvgIpc) is 3.13. The maximum Gasteiger partial charge on any atom is 0.352 e. The minimum Gasteiger partial charge on any atom is -0.460 e. The fraction of sp³-hybridized carbons (Fsp3) is 0.250. The minimum atomic E-state index is -0.580. The maximum atomic E-state index is 10.9. The third kappa shape index (κ3) is 2.77. The number of hydrogen-bond donors (Lipinski definition) is 0. The molecule has 0 spiro atoms. The summed E-state index contributed by atoms with van der Waals surface area (Å²) in [6.45, 7) is 5.06. The van der Waals surface area contributed by atoms with Gasteiger partial charge in [-0.05, 0) is 37.1 Å². The van der Waals surface area contributed by atoms with Crippen LogP contribution >= 0.6 is 11.6 Å². The number of furan rings is 1. The third-order valence-electron chi connectivity index (χ3n) is 3.34. The number of fused-ring (bicyclic) bond motifs is 1. The lowest BCUT2D eigenvalue weighted by molar-refractivity contribution is -0.210. The normalized spacial score (nSPS) is 11.0. The second kappa shape index (κ2) is 5.96. The maximum absolute atomic E-state index is 10.9. The fourth-order valence-corrected chi connectivity index (χ4v) is 2.53. The Morgan fingerprint density at radius 1 is 1.39 bits per heavy atom. The fourth-order valence-electron chi connectivity index (χ4n) is 2.32. The van der Waals surface area contributed by atoms with Crippen LogP contribution in [0.4, 0.5) is 0 Å². The van der Waals surface area contributed by atoms with Crippen LogP contribution in [0.1, 0.15) is 25.2 Å². The van der Waals surface area contributed by atoms with Crippen molar-refractivity contribution in [3.63, 3.8) is 0 Å². The van der Waals surface area contributed by atoms with E-state index in [0.29, 0.717) is 23.5 Å². The first-order chi connectivity index (χ1) is 11.0. The Balaban J connectivity index is 2.17. The van der Waals surface area contributed by atoms with Crippen LogP contribution in [0.3, 0.4) is 0 Å². The number of carbonyl (C=O) groups is 1. The molecule has 0 saturated heterocycles. The van der Waals surface area contributed by atoms with Crippen molar-refractivity contribution in [3.8, 4) is 17.2 Å². The second-order valence-electron chi connectivity index (χ2n) is 5.01. The average molecular weight is 336 g/mol. The molecule has 7 heteroatoms. The second-order valence-corrected chi connectivity index (χ2v) is 5.38. The number of rotatable bonds is 4. The summed E-state index contributed by atoms with van der Waals surface area (Å²) in [5.74, 6) is 0.990. The van der Waals surface area contributed by atoms with Gasteiger partial charge in [-0.25, -0.2) is 4.79 Å². The van der Waals surface area contributed by atoms with E-state index in [1.54, 1.807) is 6.07 Å². The molecule has 1 aromatic carbocycles. The summed E-state index contributed by atoms with van der Waals surface area (Å²) in [7, 11) is 0. The smallest absolute Gasteiger partial charge is 0.352 e. The quantitative estimate of drug-likeness (QED) is 0.517. The van der Waals surface area contributed by atoms with E-state index < -0.39 is 5.97 Å². The molecule has 2 heterocycles. The Bertz CT molecular complexity index is 880. The Hall–Kier alpha value is -2.47. The Morgan fingerprint density at radius 3 is 2.78 bits per heavy atom. The van der Waals surface area contributed by atoms with Crippen molar-refractivity contribution in [2.24, 2.45) is 0 Å². The Morgan fingerprint density at radius 2 is 2.17 bits per heavy atom. The number of benzene rings is 1. The molecule has 0 bridgehead atoms. The van der Waals surface area contributed by atoms with Crippen LogP contribution in [0.5, 0.6) is 5.75 Å². The summed E-state index contributed by atoms with van der Waals surface area (Å²) in [6.07, 6.45) is 0.679. The predicted molar refractivity (Wildman–Crippen MR) is 83.2 cm³/mol. The van der Waals surface area contributed by atoms with E-state index in [4.69, 9.17) is 25.4 Å². The molecule has 0 aliphatic carbocycles. The summed E-state index contributed by atoms with van der Waals surface area (Å²) >= 11 is 6.28. The van der Waals surface area contributed by atoms with E-state index in [1.807, 2.05) is 26.0 Å². The standard InChI is InChI=1S/C16H14ClNO5/c1-4-10-7-12(23-22-9(3)19)14(17)16-13(10)15(18-21-16)11-6-5-8(2)20-11/h5-7H,4H2,1-3H3. The van der Waals surface area contributed by atoms with Crippen LogP contribution in [0, 0.1) is 6.92 Å². The van der Waals surface area contributed by atoms with Crippen LogP contribution < -0.4 is 4.89 Å². The highest BCUT2D eigenvalue weighted by Gasteiger charge is 2.22. The Labute approximate surface area is 136 Å². The van der Waals surface area contributed by atoms with Crippen LogP contribution in [0.15, 0.2) is 27.1 Å². The topological polar surface area (TPSA) is 74.7 Å². The van der Waals surface area contributed by atoms with E-state index in [9.17, 15) is 4.79 Å².